The van der Waals surface area contributed by atoms with E-state index in [1.54, 1.807) is 11.3 Å². The van der Waals surface area contributed by atoms with Crippen LogP contribution in [0.15, 0.2) is 11.4 Å². The van der Waals surface area contributed by atoms with Gasteiger partial charge in [0.2, 0.25) is 0 Å². The van der Waals surface area contributed by atoms with Crippen molar-refractivity contribution in [1.29, 1.82) is 0 Å². The van der Waals surface area contributed by atoms with Crippen LogP contribution >= 0.6 is 22.9 Å². The molecule has 0 bridgehead atoms. The predicted molar refractivity (Wildman–Crippen MR) is 76.9 cm³/mol. The van der Waals surface area contributed by atoms with E-state index in [1.807, 2.05) is 0 Å². The maximum Gasteiger partial charge on any atom is 0.0931 e. The van der Waals surface area contributed by atoms with Crippen molar-refractivity contribution >= 4 is 22.9 Å². The van der Waals surface area contributed by atoms with Crippen LogP contribution in [-0.2, 0) is 0 Å². The van der Waals surface area contributed by atoms with Gasteiger partial charge in [0, 0.05) is 12.1 Å². The smallest absolute Gasteiger partial charge is 0.0931 e. The van der Waals surface area contributed by atoms with Gasteiger partial charge < -0.3 is 5.32 Å². The van der Waals surface area contributed by atoms with Crippen LogP contribution in [0.1, 0.15) is 57.6 Å². The molecule has 17 heavy (non-hydrogen) atoms. The Labute approximate surface area is 114 Å². The highest BCUT2D eigenvalue weighted by Gasteiger charge is 2.22. The van der Waals surface area contributed by atoms with Crippen molar-refractivity contribution < 1.29 is 0 Å². The lowest BCUT2D eigenvalue weighted by molar-refractivity contribution is 0.266. The highest BCUT2D eigenvalue weighted by Crippen LogP contribution is 2.29. The summed E-state index contributed by atoms with van der Waals surface area (Å²) in [4.78, 5) is 0. The first-order valence-electron chi connectivity index (χ1n) is 6.69. The first-order chi connectivity index (χ1) is 8.19. The highest BCUT2D eigenvalue weighted by atomic mass is 35.5. The van der Waals surface area contributed by atoms with E-state index in [1.165, 1.54) is 37.7 Å². The molecule has 1 heterocycles. The number of halogens is 1. The topological polar surface area (TPSA) is 12.0 Å². The Morgan fingerprint density at radius 3 is 3.00 bits per heavy atom. The molecule has 3 heteroatoms. The summed E-state index contributed by atoms with van der Waals surface area (Å²) in [6.07, 6.45) is 6.81. The Hall–Kier alpha value is -0.0500. The van der Waals surface area contributed by atoms with E-state index in [0.717, 1.165) is 10.3 Å². The monoisotopic (exact) mass is 271 g/mol. The number of hydrogen-bond donors (Lipinski definition) is 1. The van der Waals surface area contributed by atoms with Crippen molar-refractivity contribution in [2.24, 2.45) is 5.92 Å². The highest BCUT2D eigenvalue weighted by molar-refractivity contribution is 7.14. The van der Waals surface area contributed by atoms with Gasteiger partial charge in [-0.1, -0.05) is 37.8 Å². The molecule has 2 rings (SSSR count). The van der Waals surface area contributed by atoms with E-state index in [2.05, 4.69) is 30.6 Å². The molecule has 96 valence electrons. The molecule has 3 atom stereocenters. The van der Waals surface area contributed by atoms with Crippen LogP contribution in [0, 0.1) is 5.92 Å². The summed E-state index contributed by atoms with van der Waals surface area (Å²) in [6.45, 7) is 4.56. The fourth-order valence-electron chi connectivity index (χ4n) is 2.81. The lowest BCUT2D eigenvalue weighted by Crippen LogP contribution is -2.35. The van der Waals surface area contributed by atoms with E-state index < -0.39 is 0 Å². The second kappa shape index (κ2) is 6.21. The predicted octanol–water partition coefficient (Wildman–Crippen LogP) is 5.02. The third-order valence-corrected chi connectivity index (χ3v) is 5.04. The largest absolute Gasteiger partial charge is 0.307 e. The molecule has 1 aliphatic rings. The molecule has 0 radical (unpaired) electrons. The molecule has 1 aromatic rings. The van der Waals surface area contributed by atoms with Crippen LogP contribution in [0.5, 0.6) is 0 Å². The Kier molecular flexibility index (Phi) is 4.89. The first kappa shape index (κ1) is 13.4. The van der Waals surface area contributed by atoms with Gasteiger partial charge >= 0.3 is 0 Å². The van der Waals surface area contributed by atoms with Gasteiger partial charge in [0.25, 0.3) is 0 Å². The van der Waals surface area contributed by atoms with Gasteiger partial charge in [-0.15, -0.1) is 11.3 Å². The molecule has 1 aliphatic carbocycles. The van der Waals surface area contributed by atoms with E-state index >= 15 is 0 Å². The Morgan fingerprint density at radius 2 is 2.35 bits per heavy atom. The summed E-state index contributed by atoms with van der Waals surface area (Å²) in [6, 6.07) is 3.21. The number of thiophene rings is 1. The summed E-state index contributed by atoms with van der Waals surface area (Å²) >= 11 is 7.61. The first-order valence-corrected chi connectivity index (χ1v) is 7.94. The summed E-state index contributed by atoms with van der Waals surface area (Å²) < 4.78 is 0.892. The fourth-order valence-corrected chi connectivity index (χ4v) is 3.80. The zero-order valence-corrected chi connectivity index (χ0v) is 12.3. The Bertz CT molecular complexity index is 350. The summed E-state index contributed by atoms with van der Waals surface area (Å²) in [5.41, 5.74) is 1.33. The summed E-state index contributed by atoms with van der Waals surface area (Å²) in [5.74, 6) is 0.930. The van der Waals surface area contributed by atoms with Crippen molar-refractivity contribution in [1.82, 2.24) is 5.32 Å². The minimum absolute atomic E-state index is 0.430. The van der Waals surface area contributed by atoms with Gasteiger partial charge in [-0.3, -0.25) is 0 Å². The fraction of sp³-hybridized carbons (Fsp3) is 0.714. The number of rotatable bonds is 4. The molecule has 1 saturated carbocycles. The molecule has 3 unspecified atom stereocenters. The van der Waals surface area contributed by atoms with E-state index in [-0.39, 0.29) is 0 Å². The van der Waals surface area contributed by atoms with Crippen LogP contribution in [-0.4, -0.2) is 6.04 Å². The van der Waals surface area contributed by atoms with Crippen molar-refractivity contribution in [2.75, 3.05) is 0 Å². The normalized spacial score (nSPS) is 27.0. The van der Waals surface area contributed by atoms with Gasteiger partial charge in [-0.25, -0.2) is 0 Å². The van der Waals surface area contributed by atoms with Gasteiger partial charge in [-0.2, -0.15) is 0 Å². The lowest BCUT2D eigenvalue weighted by atomic mass is 9.84. The van der Waals surface area contributed by atoms with Crippen LogP contribution < -0.4 is 5.32 Å². The Balaban J connectivity index is 1.87. The third-order valence-electron chi connectivity index (χ3n) is 3.93. The average Bonchev–Trinajstić information content (AvgIpc) is 2.76. The summed E-state index contributed by atoms with van der Waals surface area (Å²) in [5, 5.41) is 5.93. The number of hydrogen-bond acceptors (Lipinski definition) is 2. The second-order valence-electron chi connectivity index (χ2n) is 5.21. The second-order valence-corrected chi connectivity index (χ2v) is 6.75. The third kappa shape index (κ3) is 3.70. The molecular formula is C14H22ClNS. The molecule has 1 fully saturated rings. The molecule has 0 aromatic carbocycles. The van der Waals surface area contributed by atoms with Crippen LogP contribution in [0.25, 0.3) is 0 Å². The lowest BCUT2D eigenvalue weighted by Gasteiger charge is -2.31. The van der Waals surface area contributed by atoms with E-state index in [0.29, 0.717) is 12.1 Å². The maximum absolute atomic E-state index is 5.98. The zero-order chi connectivity index (χ0) is 12.3. The molecule has 0 amide bonds. The van der Waals surface area contributed by atoms with Gasteiger partial charge in [0.15, 0.2) is 0 Å². The standard InChI is InChI=1S/C14H22ClNS/c1-3-11-5-4-6-13(7-11)16-10(2)12-8-14(15)17-9-12/h8-11,13,16H,3-7H2,1-2H3. The molecule has 1 nitrogen and oxygen atoms in total. The molecule has 1 aromatic heterocycles. The van der Waals surface area contributed by atoms with Crippen molar-refractivity contribution in [2.45, 2.75) is 58.0 Å². The molecular weight excluding hydrogens is 250 g/mol. The van der Waals surface area contributed by atoms with Gasteiger partial charge in [0.05, 0.1) is 4.34 Å². The molecule has 0 spiro atoms. The average molecular weight is 272 g/mol. The van der Waals surface area contributed by atoms with E-state index in [4.69, 9.17) is 11.6 Å². The minimum atomic E-state index is 0.430. The molecule has 1 N–H and O–H groups in total. The van der Waals surface area contributed by atoms with Crippen molar-refractivity contribution in [3.05, 3.63) is 21.3 Å². The maximum atomic E-state index is 5.98. The Morgan fingerprint density at radius 1 is 1.53 bits per heavy atom. The van der Waals surface area contributed by atoms with Gasteiger partial charge in [0.1, 0.15) is 0 Å². The number of nitrogens with one attached hydrogen (secondary N) is 1. The summed E-state index contributed by atoms with van der Waals surface area (Å²) in [7, 11) is 0. The minimum Gasteiger partial charge on any atom is -0.307 e. The molecule has 0 aliphatic heterocycles. The zero-order valence-electron chi connectivity index (χ0n) is 10.7. The molecule has 0 saturated heterocycles. The van der Waals surface area contributed by atoms with E-state index in [9.17, 15) is 0 Å². The van der Waals surface area contributed by atoms with Gasteiger partial charge in [-0.05, 0) is 42.7 Å². The van der Waals surface area contributed by atoms with Crippen LogP contribution in [0.2, 0.25) is 4.34 Å². The van der Waals surface area contributed by atoms with Crippen molar-refractivity contribution in [3.8, 4) is 0 Å². The quantitative estimate of drug-likeness (QED) is 0.811. The van der Waals surface area contributed by atoms with Crippen LogP contribution in [0.4, 0.5) is 0 Å². The van der Waals surface area contributed by atoms with Crippen molar-refractivity contribution in [3.63, 3.8) is 0 Å². The van der Waals surface area contributed by atoms with Crippen LogP contribution in [0.3, 0.4) is 0 Å². The SMILES string of the molecule is CCC1CCCC(NC(C)c2csc(Cl)c2)C1.